The highest BCUT2D eigenvalue weighted by atomic mass is 16.5. The maximum Gasteiger partial charge on any atom is 0.255 e. The van der Waals surface area contributed by atoms with Gasteiger partial charge in [-0.3, -0.25) is 4.79 Å². The Kier molecular flexibility index (Phi) is 4.48. The molecule has 0 spiro atoms. The molecule has 1 saturated heterocycles. The van der Waals surface area contributed by atoms with Crippen LogP contribution in [0.3, 0.4) is 0 Å². The first-order valence-corrected chi connectivity index (χ1v) is 8.86. The van der Waals surface area contributed by atoms with Crippen LogP contribution in [-0.2, 0) is 11.3 Å². The molecule has 3 heterocycles. The van der Waals surface area contributed by atoms with E-state index in [0.29, 0.717) is 31.1 Å². The van der Waals surface area contributed by atoms with E-state index in [2.05, 4.69) is 20.9 Å². The molecule has 1 fully saturated rings. The van der Waals surface area contributed by atoms with Gasteiger partial charge in [-0.1, -0.05) is 17.7 Å². The van der Waals surface area contributed by atoms with E-state index in [1.165, 1.54) is 5.56 Å². The second kappa shape index (κ2) is 6.93. The molecule has 2 aromatic rings. The third kappa shape index (κ3) is 3.36. The van der Waals surface area contributed by atoms with Crippen LogP contribution in [0.15, 0.2) is 30.3 Å². The largest absolute Gasteiger partial charge is 0.380 e. The van der Waals surface area contributed by atoms with Crippen molar-refractivity contribution < 1.29 is 9.53 Å². The Morgan fingerprint density at radius 1 is 1.31 bits per heavy atom. The standard InChI is InChI=1S/C19H23N5O2/c1-11-2-4-13(5-3-11)22-18-17-12(9-21-19(17)25)8-16(24-18)23-15-6-7-26-10-14(15)20/h2-5,8,14-15H,6-7,9-10,20H2,1H3,(H,21,25)(H2,22,23,24)/t14-,15+/m0/s1. The van der Waals surface area contributed by atoms with Crippen LogP contribution in [0.25, 0.3) is 0 Å². The van der Waals surface area contributed by atoms with Crippen molar-refractivity contribution in [2.45, 2.75) is 32.0 Å². The molecule has 0 radical (unpaired) electrons. The van der Waals surface area contributed by atoms with Crippen LogP contribution in [0.2, 0.25) is 0 Å². The Hall–Kier alpha value is -2.64. The quantitative estimate of drug-likeness (QED) is 0.670. The molecule has 1 aromatic carbocycles. The van der Waals surface area contributed by atoms with Gasteiger partial charge in [-0.25, -0.2) is 4.98 Å². The van der Waals surface area contributed by atoms with E-state index >= 15 is 0 Å². The number of carbonyl (C=O) groups excluding carboxylic acids is 1. The van der Waals surface area contributed by atoms with Crippen molar-refractivity contribution in [1.82, 2.24) is 10.3 Å². The smallest absolute Gasteiger partial charge is 0.255 e. The molecule has 0 aliphatic carbocycles. The van der Waals surface area contributed by atoms with Crippen LogP contribution in [0.5, 0.6) is 0 Å². The van der Waals surface area contributed by atoms with Crippen molar-refractivity contribution >= 4 is 23.2 Å². The number of benzene rings is 1. The van der Waals surface area contributed by atoms with Crippen molar-refractivity contribution in [2.75, 3.05) is 23.8 Å². The molecule has 2 aliphatic rings. The highest BCUT2D eigenvalue weighted by Crippen LogP contribution is 2.29. The Morgan fingerprint density at radius 3 is 2.88 bits per heavy atom. The van der Waals surface area contributed by atoms with Crippen LogP contribution < -0.4 is 21.7 Å². The van der Waals surface area contributed by atoms with E-state index in [1.54, 1.807) is 0 Å². The Morgan fingerprint density at radius 2 is 2.12 bits per heavy atom. The van der Waals surface area contributed by atoms with Crippen molar-refractivity contribution in [3.05, 3.63) is 47.0 Å². The molecule has 136 valence electrons. The first kappa shape index (κ1) is 16.8. The van der Waals surface area contributed by atoms with Gasteiger partial charge in [0.05, 0.1) is 12.2 Å². The summed E-state index contributed by atoms with van der Waals surface area (Å²) in [6, 6.07) is 9.95. The number of ether oxygens (including phenoxy) is 1. The van der Waals surface area contributed by atoms with Crippen LogP contribution in [0.4, 0.5) is 17.3 Å². The number of hydrogen-bond acceptors (Lipinski definition) is 6. The predicted molar refractivity (Wildman–Crippen MR) is 101 cm³/mol. The van der Waals surface area contributed by atoms with Gasteiger partial charge in [-0.2, -0.15) is 0 Å². The fraction of sp³-hybridized carbons (Fsp3) is 0.368. The van der Waals surface area contributed by atoms with E-state index < -0.39 is 0 Å². The molecule has 7 heteroatoms. The van der Waals surface area contributed by atoms with Crippen molar-refractivity contribution in [2.24, 2.45) is 5.73 Å². The average Bonchev–Trinajstić information content (AvgIpc) is 3.00. The molecule has 1 amide bonds. The molecule has 26 heavy (non-hydrogen) atoms. The summed E-state index contributed by atoms with van der Waals surface area (Å²) in [6.45, 7) is 3.77. The molecule has 0 saturated carbocycles. The van der Waals surface area contributed by atoms with E-state index in [-0.39, 0.29) is 18.0 Å². The van der Waals surface area contributed by atoms with Gasteiger partial charge in [0.2, 0.25) is 0 Å². The van der Waals surface area contributed by atoms with Crippen molar-refractivity contribution in [3.63, 3.8) is 0 Å². The summed E-state index contributed by atoms with van der Waals surface area (Å²) in [4.78, 5) is 16.9. The van der Waals surface area contributed by atoms with Crippen LogP contribution in [0, 0.1) is 6.92 Å². The molecule has 7 nitrogen and oxygen atoms in total. The number of hydrogen-bond donors (Lipinski definition) is 4. The van der Waals surface area contributed by atoms with Crippen molar-refractivity contribution in [1.29, 1.82) is 0 Å². The summed E-state index contributed by atoms with van der Waals surface area (Å²) >= 11 is 0. The number of carbonyl (C=O) groups is 1. The zero-order valence-electron chi connectivity index (χ0n) is 14.7. The number of nitrogens with one attached hydrogen (secondary N) is 3. The van der Waals surface area contributed by atoms with E-state index in [9.17, 15) is 4.79 Å². The van der Waals surface area contributed by atoms with E-state index in [1.807, 2.05) is 37.3 Å². The summed E-state index contributed by atoms with van der Waals surface area (Å²) in [5.74, 6) is 1.18. The zero-order chi connectivity index (χ0) is 18.1. The minimum absolute atomic E-state index is 0.0768. The summed E-state index contributed by atoms with van der Waals surface area (Å²) < 4.78 is 5.40. The number of nitrogens with two attached hydrogens (primary N) is 1. The topological polar surface area (TPSA) is 101 Å². The Labute approximate surface area is 152 Å². The molecule has 2 aliphatic heterocycles. The number of anilines is 3. The molecule has 0 unspecified atom stereocenters. The van der Waals surface area contributed by atoms with Crippen LogP contribution >= 0.6 is 0 Å². The Bertz CT molecular complexity index is 821. The summed E-state index contributed by atoms with van der Waals surface area (Å²) in [5.41, 5.74) is 9.75. The second-order valence-corrected chi connectivity index (χ2v) is 6.84. The fourth-order valence-electron chi connectivity index (χ4n) is 3.32. The summed E-state index contributed by atoms with van der Waals surface area (Å²) in [7, 11) is 0. The van der Waals surface area contributed by atoms with E-state index in [0.717, 1.165) is 23.5 Å². The number of aryl methyl sites for hydroxylation is 1. The van der Waals surface area contributed by atoms with Crippen LogP contribution in [0.1, 0.15) is 27.9 Å². The third-order valence-corrected chi connectivity index (χ3v) is 4.82. The monoisotopic (exact) mass is 353 g/mol. The van der Waals surface area contributed by atoms with Gasteiger partial charge in [0.15, 0.2) is 0 Å². The third-order valence-electron chi connectivity index (χ3n) is 4.82. The molecule has 1 aromatic heterocycles. The maximum atomic E-state index is 12.2. The van der Waals surface area contributed by atoms with Gasteiger partial charge < -0.3 is 26.4 Å². The number of nitrogens with zero attached hydrogens (tertiary/aromatic N) is 1. The molecular weight excluding hydrogens is 330 g/mol. The van der Waals surface area contributed by atoms with Crippen molar-refractivity contribution in [3.8, 4) is 0 Å². The minimum atomic E-state index is -0.101. The summed E-state index contributed by atoms with van der Waals surface area (Å²) in [6.07, 6.45) is 0.831. The van der Waals surface area contributed by atoms with Gasteiger partial charge in [0.25, 0.3) is 5.91 Å². The average molecular weight is 353 g/mol. The Balaban J connectivity index is 1.64. The molecule has 5 N–H and O–H groups in total. The SMILES string of the molecule is Cc1ccc(Nc2nc(N[C@@H]3CCOC[C@@H]3N)cc3c2C(=O)NC3)cc1. The molecule has 2 atom stereocenters. The lowest BCUT2D eigenvalue weighted by molar-refractivity contribution is 0.0752. The zero-order valence-corrected chi connectivity index (χ0v) is 14.7. The number of fused-ring (bicyclic) bond motifs is 1. The fourth-order valence-corrected chi connectivity index (χ4v) is 3.32. The number of pyridine rings is 1. The maximum absolute atomic E-state index is 12.2. The number of aromatic nitrogens is 1. The summed E-state index contributed by atoms with van der Waals surface area (Å²) in [5, 5.41) is 9.57. The minimum Gasteiger partial charge on any atom is -0.380 e. The lowest BCUT2D eigenvalue weighted by Crippen LogP contribution is -2.47. The van der Waals surface area contributed by atoms with E-state index in [4.69, 9.17) is 10.5 Å². The van der Waals surface area contributed by atoms with Gasteiger partial charge in [0, 0.05) is 30.9 Å². The first-order valence-electron chi connectivity index (χ1n) is 8.86. The van der Waals surface area contributed by atoms with Gasteiger partial charge in [0.1, 0.15) is 11.6 Å². The van der Waals surface area contributed by atoms with Gasteiger partial charge >= 0.3 is 0 Å². The highest BCUT2D eigenvalue weighted by molar-refractivity contribution is 6.03. The first-order chi connectivity index (χ1) is 12.6. The lowest BCUT2D eigenvalue weighted by Gasteiger charge is -2.30. The normalized spacial score (nSPS) is 21.8. The van der Waals surface area contributed by atoms with Gasteiger partial charge in [-0.15, -0.1) is 0 Å². The molecule has 0 bridgehead atoms. The number of amides is 1. The molecular formula is C19H23N5O2. The van der Waals surface area contributed by atoms with Gasteiger partial charge in [-0.05, 0) is 37.1 Å². The van der Waals surface area contributed by atoms with Crippen LogP contribution in [-0.4, -0.2) is 36.2 Å². The second-order valence-electron chi connectivity index (χ2n) is 6.84. The lowest BCUT2D eigenvalue weighted by atomic mass is 10.0. The number of rotatable bonds is 4. The highest BCUT2D eigenvalue weighted by Gasteiger charge is 2.27. The molecule has 4 rings (SSSR count). The predicted octanol–water partition coefficient (Wildman–Crippen LogP) is 1.91.